The number of carbonyl (C=O) groups excluding carboxylic acids is 1. The number of rotatable bonds is 2. The van der Waals surface area contributed by atoms with Crippen LogP contribution in [0.1, 0.15) is 16.1 Å². The number of carbonyl (C=O) groups is 1. The molecule has 5 heteroatoms. The molecule has 0 unspecified atom stereocenters. The van der Waals surface area contributed by atoms with Crippen LogP contribution < -0.4 is 0 Å². The number of pyridine rings is 1. The Kier molecular flexibility index (Phi) is 2.91. The van der Waals surface area contributed by atoms with Crippen LogP contribution >= 0.6 is 15.9 Å². The Morgan fingerprint density at radius 3 is 2.84 bits per heavy atom. The van der Waals surface area contributed by atoms with Gasteiger partial charge in [0, 0.05) is 17.1 Å². The van der Waals surface area contributed by atoms with Crippen molar-refractivity contribution in [3.8, 4) is 0 Å². The first-order valence-corrected chi connectivity index (χ1v) is 6.28. The van der Waals surface area contributed by atoms with Gasteiger partial charge in [0.15, 0.2) is 5.76 Å². The molecule has 0 radical (unpaired) electrons. The maximum atomic E-state index is 13.1. The molecule has 3 aromatic rings. The van der Waals surface area contributed by atoms with Crippen LogP contribution in [0.2, 0.25) is 0 Å². The standard InChI is InChI=1S/C14H7BrFNO2/c15-11-3-1-2-8-5-12(19-14(8)11)13(18)9-4-10(16)7-17-6-9/h1-7H. The zero-order valence-electron chi connectivity index (χ0n) is 9.56. The lowest BCUT2D eigenvalue weighted by Crippen LogP contribution is -2.00. The number of hydrogen-bond acceptors (Lipinski definition) is 3. The topological polar surface area (TPSA) is 43.1 Å². The lowest BCUT2D eigenvalue weighted by atomic mass is 10.1. The van der Waals surface area contributed by atoms with Gasteiger partial charge in [-0.15, -0.1) is 0 Å². The van der Waals surface area contributed by atoms with Gasteiger partial charge in [-0.25, -0.2) is 4.39 Å². The van der Waals surface area contributed by atoms with Crippen LogP contribution in [0.4, 0.5) is 4.39 Å². The third-order valence-corrected chi connectivity index (χ3v) is 3.31. The van der Waals surface area contributed by atoms with Crippen molar-refractivity contribution in [1.82, 2.24) is 4.98 Å². The van der Waals surface area contributed by atoms with Crippen molar-refractivity contribution in [2.24, 2.45) is 0 Å². The van der Waals surface area contributed by atoms with Crippen molar-refractivity contribution in [2.45, 2.75) is 0 Å². The van der Waals surface area contributed by atoms with E-state index < -0.39 is 11.6 Å². The quantitative estimate of drug-likeness (QED) is 0.671. The van der Waals surface area contributed by atoms with Crippen molar-refractivity contribution in [3.05, 3.63) is 64.3 Å². The van der Waals surface area contributed by atoms with Crippen molar-refractivity contribution in [3.63, 3.8) is 0 Å². The number of benzene rings is 1. The fourth-order valence-corrected chi connectivity index (χ4v) is 2.28. The summed E-state index contributed by atoms with van der Waals surface area (Å²) in [6, 6.07) is 8.28. The Morgan fingerprint density at radius 2 is 2.11 bits per heavy atom. The third-order valence-electron chi connectivity index (χ3n) is 2.69. The summed E-state index contributed by atoms with van der Waals surface area (Å²) in [7, 11) is 0. The average Bonchev–Trinajstić information content (AvgIpc) is 2.83. The van der Waals surface area contributed by atoms with Gasteiger partial charge < -0.3 is 4.42 Å². The van der Waals surface area contributed by atoms with E-state index in [-0.39, 0.29) is 11.3 Å². The van der Waals surface area contributed by atoms with Gasteiger partial charge in [-0.3, -0.25) is 9.78 Å². The number of aromatic nitrogens is 1. The van der Waals surface area contributed by atoms with Crippen LogP contribution in [-0.2, 0) is 0 Å². The molecule has 0 aliphatic heterocycles. The number of ketones is 1. The largest absolute Gasteiger partial charge is 0.451 e. The van der Waals surface area contributed by atoms with Gasteiger partial charge in [0.2, 0.25) is 5.78 Å². The Bertz CT molecular complexity index is 782. The SMILES string of the molecule is O=C(c1cncc(F)c1)c1cc2cccc(Br)c2o1. The minimum atomic E-state index is -0.553. The van der Waals surface area contributed by atoms with Gasteiger partial charge in [0.05, 0.1) is 10.7 Å². The molecule has 2 aromatic heterocycles. The molecular weight excluding hydrogens is 313 g/mol. The zero-order valence-corrected chi connectivity index (χ0v) is 11.1. The first-order chi connectivity index (χ1) is 9.15. The fraction of sp³-hybridized carbons (Fsp3) is 0. The maximum Gasteiger partial charge on any atom is 0.229 e. The summed E-state index contributed by atoms with van der Waals surface area (Å²) in [5.74, 6) is -0.785. The molecule has 0 aliphatic rings. The van der Waals surface area contributed by atoms with Gasteiger partial charge in [0.25, 0.3) is 0 Å². The lowest BCUT2D eigenvalue weighted by molar-refractivity contribution is 0.101. The summed E-state index contributed by atoms with van der Waals surface area (Å²) in [6.45, 7) is 0. The molecule has 2 heterocycles. The summed E-state index contributed by atoms with van der Waals surface area (Å²) in [6.07, 6.45) is 2.36. The molecule has 0 saturated heterocycles. The van der Waals surface area contributed by atoms with Crippen LogP contribution in [-0.4, -0.2) is 10.8 Å². The molecule has 3 nitrogen and oxygen atoms in total. The second-order valence-corrected chi connectivity index (χ2v) is 4.84. The Labute approximate surface area is 116 Å². The maximum absolute atomic E-state index is 13.1. The highest BCUT2D eigenvalue weighted by molar-refractivity contribution is 9.10. The number of halogens is 2. The van der Waals surface area contributed by atoms with Crippen molar-refractivity contribution in [2.75, 3.05) is 0 Å². The summed E-state index contributed by atoms with van der Waals surface area (Å²) < 4.78 is 19.3. The molecule has 3 rings (SSSR count). The average molecular weight is 320 g/mol. The van der Waals surface area contributed by atoms with Gasteiger partial charge in [-0.2, -0.15) is 0 Å². The molecule has 0 saturated carbocycles. The first kappa shape index (κ1) is 12.0. The summed E-state index contributed by atoms with van der Waals surface area (Å²) in [5.41, 5.74) is 0.755. The minimum Gasteiger partial charge on any atom is -0.451 e. The van der Waals surface area contributed by atoms with E-state index in [1.165, 1.54) is 6.20 Å². The predicted molar refractivity (Wildman–Crippen MR) is 71.5 cm³/mol. The molecular formula is C14H7BrFNO2. The molecule has 0 fully saturated rings. The van der Waals surface area contributed by atoms with Crippen LogP contribution in [0.5, 0.6) is 0 Å². The third kappa shape index (κ3) is 2.17. The van der Waals surface area contributed by atoms with E-state index in [0.717, 1.165) is 22.1 Å². The van der Waals surface area contributed by atoms with Gasteiger partial charge >= 0.3 is 0 Å². The van der Waals surface area contributed by atoms with E-state index in [9.17, 15) is 9.18 Å². The highest BCUT2D eigenvalue weighted by Gasteiger charge is 2.16. The van der Waals surface area contributed by atoms with E-state index in [0.29, 0.717) is 5.58 Å². The molecule has 94 valence electrons. The van der Waals surface area contributed by atoms with Crippen molar-refractivity contribution >= 4 is 32.7 Å². The molecule has 1 aromatic carbocycles. The highest BCUT2D eigenvalue weighted by atomic mass is 79.9. The van der Waals surface area contributed by atoms with E-state index >= 15 is 0 Å². The number of hydrogen-bond donors (Lipinski definition) is 0. The lowest BCUT2D eigenvalue weighted by Gasteiger charge is -1.96. The summed E-state index contributed by atoms with van der Waals surface area (Å²) in [5, 5.41) is 0.807. The van der Waals surface area contributed by atoms with Crippen molar-refractivity contribution in [1.29, 1.82) is 0 Å². The summed E-state index contributed by atoms with van der Waals surface area (Å²) >= 11 is 3.35. The Hall–Kier alpha value is -2.01. The normalized spacial score (nSPS) is 10.8. The molecule has 0 aliphatic carbocycles. The predicted octanol–water partition coefficient (Wildman–Crippen LogP) is 3.96. The Balaban J connectivity index is 2.09. The monoisotopic (exact) mass is 319 g/mol. The molecule has 19 heavy (non-hydrogen) atoms. The van der Waals surface area contributed by atoms with E-state index in [1.807, 2.05) is 18.2 Å². The van der Waals surface area contributed by atoms with Crippen molar-refractivity contribution < 1.29 is 13.6 Å². The van der Waals surface area contributed by atoms with Gasteiger partial charge in [0.1, 0.15) is 11.4 Å². The van der Waals surface area contributed by atoms with E-state index in [2.05, 4.69) is 20.9 Å². The minimum absolute atomic E-state index is 0.161. The van der Waals surface area contributed by atoms with E-state index in [4.69, 9.17) is 4.42 Å². The molecule has 0 amide bonds. The van der Waals surface area contributed by atoms with E-state index in [1.54, 1.807) is 6.07 Å². The smallest absolute Gasteiger partial charge is 0.229 e. The van der Waals surface area contributed by atoms with Crippen LogP contribution in [0.25, 0.3) is 11.0 Å². The summed E-state index contributed by atoms with van der Waals surface area (Å²) in [4.78, 5) is 15.8. The van der Waals surface area contributed by atoms with Crippen LogP contribution in [0, 0.1) is 5.82 Å². The Morgan fingerprint density at radius 1 is 1.26 bits per heavy atom. The molecule has 0 N–H and O–H groups in total. The zero-order chi connectivity index (χ0) is 13.4. The fourth-order valence-electron chi connectivity index (χ4n) is 1.82. The number of nitrogens with zero attached hydrogens (tertiary/aromatic N) is 1. The highest BCUT2D eigenvalue weighted by Crippen LogP contribution is 2.28. The molecule has 0 bridgehead atoms. The number of fused-ring (bicyclic) bond motifs is 1. The molecule has 0 spiro atoms. The van der Waals surface area contributed by atoms with Gasteiger partial charge in [-0.05, 0) is 34.1 Å². The second-order valence-electron chi connectivity index (χ2n) is 3.99. The second kappa shape index (κ2) is 4.59. The van der Waals surface area contributed by atoms with Crippen LogP contribution in [0.3, 0.4) is 0 Å². The number of furan rings is 1. The first-order valence-electron chi connectivity index (χ1n) is 5.48. The molecule has 0 atom stereocenters. The number of para-hydroxylation sites is 1. The van der Waals surface area contributed by atoms with Crippen LogP contribution in [0.15, 0.2) is 51.6 Å². The van der Waals surface area contributed by atoms with Gasteiger partial charge in [-0.1, -0.05) is 12.1 Å².